The zero-order valence-corrected chi connectivity index (χ0v) is 11.4. The summed E-state index contributed by atoms with van der Waals surface area (Å²) in [6.07, 6.45) is 2.67. The second-order valence-corrected chi connectivity index (χ2v) is 4.93. The summed E-state index contributed by atoms with van der Waals surface area (Å²) >= 11 is 1.50. The van der Waals surface area contributed by atoms with Crippen LogP contribution in [0.3, 0.4) is 0 Å². The molecule has 7 nitrogen and oxygen atoms in total. The van der Waals surface area contributed by atoms with Crippen LogP contribution in [0.4, 0.5) is 0 Å². The Morgan fingerprint density at radius 1 is 1.38 bits per heavy atom. The third-order valence-corrected chi connectivity index (χ3v) is 3.38. The summed E-state index contributed by atoms with van der Waals surface area (Å²) in [6.45, 7) is 0.0448. The number of rotatable bonds is 5. The SMILES string of the molecule is O=C(O)c1cncc(OCc2nnc(-c3cccs3)o2)c1. The van der Waals surface area contributed by atoms with Crippen LogP contribution < -0.4 is 4.74 Å². The Morgan fingerprint density at radius 3 is 3.05 bits per heavy atom. The van der Waals surface area contributed by atoms with Gasteiger partial charge in [0.15, 0.2) is 6.61 Å². The molecule has 0 spiro atoms. The van der Waals surface area contributed by atoms with E-state index in [1.165, 1.54) is 29.8 Å². The molecule has 106 valence electrons. The molecule has 3 aromatic heterocycles. The maximum Gasteiger partial charge on any atom is 0.337 e. The minimum Gasteiger partial charge on any atom is -0.482 e. The van der Waals surface area contributed by atoms with Crippen molar-refractivity contribution in [3.8, 4) is 16.5 Å². The Hall–Kier alpha value is -2.74. The van der Waals surface area contributed by atoms with Crippen LogP contribution in [-0.2, 0) is 6.61 Å². The largest absolute Gasteiger partial charge is 0.482 e. The van der Waals surface area contributed by atoms with Gasteiger partial charge in [-0.3, -0.25) is 4.98 Å². The van der Waals surface area contributed by atoms with Gasteiger partial charge in [-0.05, 0) is 17.5 Å². The Kier molecular flexibility index (Phi) is 3.61. The third-order valence-electron chi connectivity index (χ3n) is 2.52. The van der Waals surface area contributed by atoms with E-state index in [1.807, 2.05) is 17.5 Å². The van der Waals surface area contributed by atoms with E-state index in [9.17, 15) is 4.79 Å². The maximum atomic E-state index is 10.8. The molecule has 0 bridgehead atoms. The molecule has 1 N–H and O–H groups in total. The molecule has 0 amide bonds. The molecule has 0 aliphatic rings. The lowest BCUT2D eigenvalue weighted by Gasteiger charge is -2.03. The summed E-state index contributed by atoms with van der Waals surface area (Å²) in [5.41, 5.74) is 0.0531. The van der Waals surface area contributed by atoms with Gasteiger partial charge in [0.05, 0.1) is 16.6 Å². The number of carbonyl (C=O) groups is 1. The first-order chi connectivity index (χ1) is 10.2. The molecule has 0 radical (unpaired) electrons. The van der Waals surface area contributed by atoms with Crippen LogP contribution in [0.2, 0.25) is 0 Å². The molecule has 0 aromatic carbocycles. The number of nitrogens with zero attached hydrogens (tertiary/aromatic N) is 3. The average Bonchev–Trinajstić information content (AvgIpc) is 3.16. The van der Waals surface area contributed by atoms with Crippen molar-refractivity contribution in [3.05, 3.63) is 47.4 Å². The maximum absolute atomic E-state index is 10.8. The van der Waals surface area contributed by atoms with E-state index < -0.39 is 5.97 Å². The highest BCUT2D eigenvalue weighted by Crippen LogP contribution is 2.23. The molecule has 3 heterocycles. The van der Waals surface area contributed by atoms with Crippen molar-refractivity contribution in [2.45, 2.75) is 6.61 Å². The lowest BCUT2D eigenvalue weighted by molar-refractivity contribution is 0.0696. The van der Waals surface area contributed by atoms with Gasteiger partial charge in [-0.2, -0.15) is 0 Å². The fourth-order valence-corrected chi connectivity index (χ4v) is 2.22. The number of carboxylic acids is 1. The quantitative estimate of drug-likeness (QED) is 0.773. The van der Waals surface area contributed by atoms with Gasteiger partial charge in [-0.15, -0.1) is 21.5 Å². The average molecular weight is 303 g/mol. The minimum atomic E-state index is -1.06. The number of carboxylic acid groups (broad SMARTS) is 1. The first-order valence-electron chi connectivity index (χ1n) is 5.90. The van der Waals surface area contributed by atoms with E-state index >= 15 is 0 Å². The molecule has 3 aromatic rings. The number of aromatic nitrogens is 3. The molecule has 0 atom stereocenters. The zero-order valence-electron chi connectivity index (χ0n) is 10.6. The summed E-state index contributed by atoms with van der Waals surface area (Å²) < 4.78 is 10.8. The first-order valence-corrected chi connectivity index (χ1v) is 6.78. The van der Waals surface area contributed by atoms with E-state index in [0.717, 1.165) is 4.88 Å². The monoisotopic (exact) mass is 303 g/mol. The summed E-state index contributed by atoms with van der Waals surface area (Å²) in [7, 11) is 0. The molecule has 0 saturated carbocycles. The number of hydrogen-bond donors (Lipinski definition) is 1. The van der Waals surface area contributed by atoms with Crippen LogP contribution in [0.25, 0.3) is 10.8 Å². The van der Waals surface area contributed by atoms with Gasteiger partial charge in [0.2, 0.25) is 0 Å². The summed E-state index contributed by atoms with van der Waals surface area (Å²) in [5.74, 6) is -0.00312. The van der Waals surface area contributed by atoms with Crippen molar-refractivity contribution in [1.82, 2.24) is 15.2 Å². The van der Waals surface area contributed by atoms with Crippen LogP contribution in [0.5, 0.6) is 5.75 Å². The van der Waals surface area contributed by atoms with Gasteiger partial charge in [-0.1, -0.05) is 6.07 Å². The van der Waals surface area contributed by atoms with Gasteiger partial charge < -0.3 is 14.3 Å². The lowest BCUT2D eigenvalue weighted by Crippen LogP contribution is -2.00. The minimum absolute atomic E-state index is 0.0448. The van der Waals surface area contributed by atoms with E-state index in [4.69, 9.17) is 14.3 Å². The highest BCUT2D eigenvalue weighted by Gasteiger charge is 2.10. The highest BCUT2D eigenvalue weighted by atomic mass is 32.1. The molecule has 0 saturated heterocycles. The number of thiophene rings is 1. The lowest BCUT2D eigenvalue weighted by atomic mass is 10.3. The van der Waals surface area contributed by atoms with Gasteiger partial charge in [0.1, 0.15) is 5.75 Å². The van der Waals surface area contributed by atoms with Crippen LogP contribution in [-0.4, -0.2) is 26.3 Å². The second-order valence-electron chi connectivity index (χ2n) is 3.98. The van der Waals surface area contributed by atoms with Gasteiger partial charge >= 0.3 is 5.97 Å². The van der Waals surface area contributed by atoms with Crippen LogP contribution in [0.15, 0.2) is 40.4 Å². The predicted molar refractivity (Wildman–Crippen MR) is 73.1 cm³/mol. The number of aromatic carboxylic acids is 1. The molecular weight excluding hydrogens is 294 g/mol. The fourth-order valence-electron chi connectivity index (χ4n) is 1.57. The van der Waals surface area contributed by atoms with E-state index in [2.05, 4.69) is 15.2 Å². The molecular formula is C13H9N3O4S. The van der Waals surface area contributed by atoms with Crippen molar-refractivity contribution < 1.29 is 19.1 Å². The topological polar surface area (TPSA) is 98.3 Å². The standard InChI is InChI=1S/C13H9N3O4S/c17-13(18)8-4-9(6-14-5-8)19-7-11-15-16-12(20-11)10-2-1-3-21-10/h1-6H,7H2,(H,17,18). The van der Waals surface area contributed by atoms with E-state index in [0.29, 0.717) is 17.5 Å². The van der Waals surface area contributed by atoms with Gasteiger partial charge in [0, 0.05) is 6.20 Å². The van der Waals surface area contributed by atoms with Crippen LogP contribution >= 0.6 is 11.3 Å². The Morgan fingerprint density at radius 2 is 2.29 bits per heavy atom. The summed E-state index contributed by atoms with van der Waals surface area (Å²) in [4.78, 5) is 15.5. The molecule has 21 heavy (non-hydrogen) atoms. The van der Waals surface area contributed by atoms with Crippen molar-refractivity contribution >= 4 is 17.3 Å². The van der Waals surface area contributed by atoms with E-state index in [1.54, 1.807) is 0 Å². The smallest absolute Gasteiger partial charge is 0.337 e. The fraction of sp³-hybridized carbons (Fsp3) is 0.0769. The van der Waals surface area contributed by atoms with Crippen molar-refractivity contribution in [2.75, 3.05) is 0 Å². The second kappa shape index (κ2) is 5.71. The number of ether oxygens (including phenoxy) is 1. The van der Waals surface area contributed by atoms with Gasteiger partial charge in [-0.25, -0.2) is 4.79 Å². The molecule has 0 unspecified atom stereocenters. The van der Waals surface area contributed by atoms with Crippen molar-refractivity contribution in [1.29, 1.82) is 0 Å². The van der Waals surface area contributed by atoms with Crippen molar-refractivity contribution in [2.24, 2.45) is 0 Å². The third kappa shape index (κ3) is 3.06. The normalized spacial score (nSPS) is 10.5. The number of hydrogen-bond acceptors (Lipinski definition) is 7. The molecule has 0 aliphatic heterocycles. The predicted octanol–water partition coefficient (Wildman–Crippen LogP) is 2.47. The zero-order chi connectivity index (χ0) is 14.7. The van der Waals surface area contributed by atoms with Gasteiger partial charge in [0.25, 0.3) is 11.8 Å². The van der Waals surface area contributed by atoms with Crippen LogP contribution in [0, 0.1) is 0 Å². The highest BCUT2D eigenvalue weighted by molar-refractivity contribution is 7.13. The Labute approximate surface area is 122 Å². The van der Waals surface area contributed by atoms with E-state index in [-0.39, 0.29) is 12.2 Å². The Balaban J connectivity index is 1.68. The molecule has 3 rings (SSSR count). The molecule has 0 fully saturated rings. The summed E-state index contributed by atoms with van der Waals surface area (Å²) in [6, 6.07) is 5.15. The first kappa shape index (κ1) is 13.3. The van der Waals surface area contributed by atoms with Crippen LogP contribution in [0.1, 0.15) is 16.2 Å². The Bertz CT molecular complexity index is 754. The number of pyridine rings is 1. The van der Waals surface area contributed by atoms with Crippen molar-refractivity contribution in [3.63, 3.8) is 0 Å². The molecule has 0 aliphatic carbocycles. The molecule has 8 heteroatoms. The summed E-state index contributed by atoms with van der Waals surface area (Å²) in [5, 5.41) is 18.6.